The number of carbonyl (C=O) groups is 1. The van der Waals surface area contributed by atoms with Crippen molar-refractivity contribution in [2.75, 3.05) is 0 Å². The first-order valence-electron chi connectivity index (χ1n) is 7.92. The van der Waals surface area contributed by atoms with Crippen LogP contribution in [-0.2, 0) is 17.9 Å². The average Bonchev–Trinajstić information content (AvgIpc) is 2.88. The van der Waals surface area contributed by atoms with Gasteiger partial charge in [0.25, 0.3) is 5.56 Å². The third kappa shape index (κ3) is 3.58. The fourth-order valence-corrected chi connectivity index (χ4v) is 2.78. The number of nitrogens with one attached hydrogen (secondary N) is 1. The Morgan fingerprint density at radius 1 is 1.32 bits per heavy atom. The van der Waals surface area contributed by atoms with Crippen LogP contribution in [-0.4, -0.2) is 15.5 Å². The number of aryl methyl sites for hydroxylation is 3. The Bertz CT molecular complexity index is 991. The van der Waals surface area contributed by atoms with Crippen LogP contribution in [0.25, 0.3) is 11.1 Å². The van der Waals surface area contributed by atoms with Crippen LogP contribution in [0.1, 0.15) is 23.3 Å². The van der Waals surface area contributed by atoms with E-state index in [1.54, 1.807) is 13.0 Å². The first-order chi connectivity index (χ1) is 12.0. The van der Waals surface area contributed by atoms with Crippen LogP contribution >= 0.6 is 11.6 Å². The van der Waals surface area contributed by atoms with Gasteiger partial charge in [-0.15, -0.1) is 0 Å². The highest BCUT2D eigenvalue weighted by Gasteiger charge is 2.14. The van der Waals surface area contributed by atoms with E-state index >= 15 is 0 Å². The maximum atomic E-state index is 12.5. The number of furan rings is 1. The molecule has 130 valence electrons. The van der Waals surface area contributed by atoms with Gasteiger partial charge >= 0.3 is 0 Å². The third-order valence-corrected chi connectivity index (χ3v) is 4.54. The molecule has 0 aliphatic heterocycles. The van der Waals surface area contributed by atoms with E-state index in [1.807, 2.05) is 25.1 Å². The molecule has 0 saturated carbocycles. The maximum Gasteiger partial charge on any atom is 0.264 e. The van der Waals surface area contributed by atoms with Gasteiger partial charge in [0.2, 0.25) is 11.6 Å². The van der Waals surface area contributed by atoms with Crippen molar-refractivity contribution in [1.29, 1.82) is 0 Å². The second-order valence-corrected chi connectivity index (χ2v) is 6.23. The quantitative estimate of drug-likeness (QED) is 0.759. The van der Waals surface area contributed by atoms with Crippen LogP contribution in [0.15, 0.2) is 39.8 Å². The summed E-state index contributed by atoms with van der Waals surface area (Å²) < 4.78 is 6.87. The van der Waals surface area contributed by atoms with Gasteiger partial charge in [0.1, 0.15) is 17.5 Å². The summed E-state index contributed by atoms with van der Waals surface area (Å²) in [6.45, 7) is 4.22. The molecule has 2 aromatic heterocycles. The molecule has 1 N–H and O–H groups in total. The van der Waals surface area contributed by atoms with E-state index in [0.29, 0.717) is 28.4 Å². The number of fused-ring (bicyclic) bond motifs is 1. The number of rotatable bonds is 5. The van der Waals surface area contributed by atoms with Crippen LogP contribution in [0.2, 0.25) is 5.02 Å². The van der Waals surface area contributed by atoms with Gasteiger partial charge < -0.3 is 9.73 Å². The van der Waals surface area contributed by atoms with Gasteiger partial charge in [-0.2, -0.15) is 0 Å². The molecule has 0 fully saturated rings. The Balaban J connectivity index is 1.65. The molecule has 0 saturated heterocycles. The first kappa shape index (κ1) is 17.2. The predicted molar refractivity (Wildman–Crippen MR) is 95.7 cm³/mol. The molecular weight excluding hydrogens is 342 g/mol. The molecule has 1 amide bonds. The molecule has 1 aromatic carbocycles. The highest BCUT2D eigenvalue weighted by molar-refractivity contribution is 6.31. The van der Waals surface area contributed by atoms with Crippen molar-refractivity contribution in [3.05, 3.63) is 62.9 Å². The number of nitrogens with zero attached hydrogens (tertiary/aromatic N) is 2. The lowest BCUT2D eigenvalue weighted by Gasteiger charge is -2.08. The number of hydrogen-bond acceptors (Lipinski definition) is 4. The molecule has 0 aliphatic carbocycles. The van der Waals surface area contributed by atoms with E-state index in [9.17, 15) is 9.59 Å². The summed E-state index contributed by atoms with van der Waals surface area (Å²) in [6.07, 6.45) is 1.59. The molecule has 0 bridgehead atoms. The fraction of sp³-hybridized carbons (Fsp3) is 0.278. The second-order valence-electron chi connectivity index (χ2n) is 5.82. The normalized spacial score (nSPS) is 11.0. The SMILES string of the molecule is Cc1oc2ncn(CCC(=O)NCc3ccccc3Cl)c(=O)c2c1C. The summed E-state index contributed by atoms with van der Waals surface area (Å²) in [4.78, 5) is 28.7. The predicted octanol–water partition coefficient (Wildman–Crippen LogP) is 2.97. The minimum absolute atomic E-state index is 0.160. The van der Waals surface area contributed by atoms with Crippen LogP contribution in [0, 0.1) is 13.8 Å². The smallest absolute Gasteiger partial charge is 0.264 e. The van der Waals surface area contributed by atoms with Crippen molar-refractivity contribution in [2.45, 2.75) is 33.4 Å². The monoisotopic (exact) mass is 359 g/mol. The van der Waals surface area contributed by atoms with Gasteiger partial charge in [0, 0.05) is 30.1 Å². The van der Waals surface area contributed by atoms with E-state index in [0.717, 1.165) is 11.1 Å². The lowest BCUT2D eigenvalue weighted by molar-refractivity contribution is -0.121. The van der Waals surface area contributed by atoms with Gasteiger partial charge in [0.05, 0.1) is 0 Å². The zero-order valence-corrected chi connectivity index (χ0v) is 14.8. The average molecular weight is 360 g/mol. The molecule has 0 aliphatic rings. The Labute approximate surface area is 149 Å². The molecule has 3 aromatic rings. The van der Waals surface area contributed by atoms with Crippen molar-refractivity contribution in [2.24, 2.45) is 0 Å². The van der Waals surface area contributed by atoms with Crippen LogP contribution in [0.4, 0.5) is 0 Å². The lowest BCUT2D eigenvalue weighted by Crippen LogP contribution is -2.27. The van der Waals surface area contributed by atoms with Crippen molar-refractivity contribution in [3.8, 4) is 0 Å². The number of aromatic nitrogens is 2. The summed E-state index contributed by atoms with van der Waals surface area (Å²) in [5.41, 5.74) is 1.77. The Kier molecular flexibility index (Phi) is 4.90. The first-order valence-corrected chi connectivity index (χ1v) is 8.30. The summed E-state index contributed by atoms with van der Waals surface area (Å²) in [5, 5.41) is 3.88. The second kappa shape index (κ2) is 7.11. The minimum atomic E-state index is -0.196. The van der Waals surface area contributed by atoms with Crippen molar-refractivity contribution in [1.82, 2.24) is 14.9 Å². The molecule has 25 heavy (non-hydrogen) atoms. The van der Waals surface area contributed by atoms with Crippen molar-refractivity contribution >= 4 is 28.6 Å². The lowest BCUT2D eigenvalue weighted by atomic mass is 10.2. The number of hydrogen-bond donors (Lipinski definition) is 1. The molecule has 0 spiro atoms. The molecule has 6 nitrogen and oxygen atoms in total. The molecule has 7 heteroatoms. The number of benzene rings is 1. The van der Waals surface area contributed by atoms with Crippen LogP contribution in [0.3, 0.4) is 0 Å². The third-order valence-electron chi connectivity index (χ3n) is 4.17. The molecular formula is C18H18ClN3O3. The molecule has 0 radical (unpaired) electrons. The number of amides is 1. The maximum absolute atomic E-state index is 12.5. The summed E-state index contributed by atoms with van der Waals surface area (Å²) in [6, 6.07) is 7.33. The van der Waals surface area contributed by atoms with Crippen LogP contribution in [0.5, 0.6) is 0 Å². The number of carbonyl (C=O) groups excluding carboxylic acids is 1. The van der Waals surface area contributed by atoms with Gasteiger partial charge in [-0.1, -0.05) is 29.8 Å². The topological polar surface area (TPSA) is 77.1 Å². The highest BCUT2D eigenvalue weighted by atomic mass is 35.5. The van der Waals surface area contributed by atoms with Gasteiger partial charge in [-0.25, -0.2) is 4.98 Å². The molecule has 0 unspecified atom stereocenters. The fourth-order valence-electron chi connectivity index (χ4n) is 2.58. The van der Waals surface area contributed by atoms with E-state index in [1.165, 1.54) is 10.9 Å². The van der Waals surface area contributed by atoms with Gasteiger partial charge in [0.15, 0.2) is 0 Å². The van der Waals surface area contributed by atoms with Crippen molar-refractivity contribution < 1.29 is 9.21 Å². The standard InChI is InChI=1S/C18H18ClN3O3/c1-11-12(2)25-17-16(11)18(24)22(10-21-17)8-7-15(23)20-9-13-5-3-4-6-14(13)19/h3-6,10H,7-9H2,1-2H3,(H,20,23). The van der Waals surface area contributed by atoms with Gasteiger partial charge in [-0.3, -0.25) is 14.2 Å². The van der Waals surface area contributed by atoms with Crippen LogP contribution < -0.4 is 10.9 Å². The van der Waals surface area contributed by atoms with E-state index in [-0.39, 0.29) is 24.4 Å². The molecule has 0 atom stereocenters. The Morgan fingerprint density at radius 2 is 2.08 bits per heavy atom. The largest absolute Gasteiger partial charge is 0.443 e. The molecule has 3 rings (SSSR count). The van der Waals surface area contributed by atoms with Gasteiger partial charge in [-0.05, 0) is 25.5 Å². The highest BCUT2D eigenvalue weighted by Crippen LogP contribution is 2.19. The van der Waals surface area contributed by atoms with E-state index in [2.05, 4.69) is 10.3 Å². The zero-order chi connectivity index (χ0) is 18.0. The van der Waals surface area contributed by atoms with Crippen molar-refractivity contribution in [3.63, 3.8) is 0 Å². The Hall–Kier alpha value is -2.60. The summed E-state index contributed by atoms with van der Waals surface area (Å²) in [7, 11) is 0. The Morgan fingerprint density at radius 3 is 2.84 bits per heavy atom. The summed E-state index contributed by atoms with van der Waals surface area (Å²) >= 11 is 6.06. The van der Waals surface area contributed by atoms with E-state index < -0.39 is 0 Å². The summed E-state index contributed by atoms with van der Waals surface area (Å²) in [5.74, 6) is 0.516. The molecule has 2 heterocycles. The van der Waals surface area contributed by atoms with E-state index in [4.69, 9.17) is 16.0 Å². The zero-order valence-electron chi connectivity index (χ0n) is 14.0. The number of halogens is 1. The minimum Gasteiger partial charge on any atom is -0.443 e.